The van der Waals surface area contributed by atoms with Crippen LogP contribution in [-0.4, -0.2) is 22.6 Å². The Hall–Kier alpha value is -2.10. The van der Waals surface area contributed by atoms with Crippen molar-refractivity contribution in [1.82, 2.24) is 15.5 Å². The fourth-order valence-corrected chi connectivity index (χ4v) is 2.96. The molecule has 0 saturated heterocycles. The van der Waals surface area contributed by atoms with Crippen molar-refractivity contribution in [3.63, 3.8) is 0 Å². The lowest BCUT2D eigenvalue weighted by Crippen LogP contribution is -2.30. The quantitative estimate of drug-likeness (QED) is 0.899. The average Bonchev–Trinajstić information content (AvgIpc) is 2.91. The summed E-state index contributed by atoms with van der Waals surface area (Å²) < 4.78 is 0. The van der Waals surface area contributed by atoms with E-state index in [1.54, 1.807) is 6.20 Å². The van der Waals surface area contributed by atoms with Crippen LogP contribution >= 0.6 is 0 Å². The first-order valence-electron chi connectivity index (χ1n) is 7.11. The van der Waals surface area contributed by atoms with Gasteiger partial charge in [0.15, 0.2) is 0 Å². The molecular weight excluding hydrogens is 250 g/mol. The lowest BCUT2D eigenvalue weighted by Gasteiger charge is -2.25. The first kappa shape index (κ1) is 12.9. The molecule has 4 nitrogen and oxygen atoms in total. The number of nitrogens with zero attached hydrogens (tertiary/aromatic N) is 1. The van der Waals surface area contributed by atoms with E-state index in [1.807, 2.05) is 6.92 Å². The Morgan fingerprint density at radius 1 is 1.45 bits per heavy atom. The molecule has 1 unspecified atom stereocenters. The second kappa shape index (κ2) is 5.49. The molecule has 1 aromatic heterocycles. The lowest BCUT2D eigenvalue weighted by molar-refractivity contribution is 0.0949. The number of hydrogen-bond donors (Lipinski definition) is 2. The highest BCUT2D eigenvalue weighted by Crippen LogP contribution is 2.30. The summed E-state index contributed by atoms with van der Waals surface area (Å²) in [6.45, 7) is 2.55. The predicted octanol–water partition coefficient (Wildman–Crippen LogP) is 2.57. The molecule has 2 aromatic rings. The molecule has 0 spiro atoms. The van der Waals surface area contributed by atoms with Crippen LogP contribution in [0, 0.1) is 6.92 Å². The number of hydrogen-bond acceptors (Lipinski definition) is 2. The number of carbonyl (C=O) groups excluding carboxylic acids is 1. The molecule has 0 aliphatic heterocycles. The van der Waals surface area contributed by atoms with Crippen molar-refractivity contribution >= 4 is 5.91 Å². The van der Waals surface area contributed by atoms with Crippen LogP contribution in [0.5, 0.6) is 0 Å². The third-order valence-corrected chi connectivity index (χ3v) is 4.08. The van der Waals surface area contributed by atoms with E-state index in [-0.39, 0.29) is 5.91 Å². The van der Waals surface area contributed by atoms with Crippen molar-refractivity contribution in [3.8, 4) is 0 Å². The van der Waals surface area contributed by atoms with Crippen LogP contribution in [0.2, 0.25) is 0 Å². The Kier molecular flexibility index (Phi) is 3.54. The van der Waals surface area contributed by atoms with Gasteiger partial charge in [-0.3, -0.25) is 9.89 Å². The van der Waals surface area contributed by atoms with E-state index in [9.17, 15) is 4.79 Å². The smallest absolute Gasteiger partial charge is 0.254 e. The first-order chi connectivity index (χ1) is 9.75. The van der Waals surface area contributed by atoms with Gasteiger partial charge >= 0.3 is 0 Å². The molecule has 3 rings (SSSR count). The normalized spacial score (nSPS) is 17.6. The van der Waals surface area contributed by atoms with Crippen LogP contribution in [-0.2, 0) is 6.42 Å². The van der Waals surface area contributed by atoms with Crippen LogP contribution in [0.3, 0.4) is 0 Å². The number of aromatic amines is 1. The largest absolute Gasteiger partial charge is 0.351 e. The van der Waals surface area contributed by atoms with Gasteiger partial charge in [-0.2, -0.15) is 5.10 Å². The Bertz CT molecular complexity index is 618. The number of fused-ring (bicyclic) bond motifs is 1. The number of nitrogens with one attached hydrogen (secondary N) is 2. The van der Waals surface area contributed by atoms with E-state index >= 15 is 0 Å². The fraction of sp³-hybridized carbons (Fsp3) is 0.375. The molecule has 1 aliphatic rings. The van der Waals surface area contributed by atoms with E-state index < -0.39 is 0 Å². The number of H-pyrrole nitrogens is 1. The average molecular weight is 269 g/mol. The molecule has 1 atom stereocenters. The zero-order valence-electron chi connectivity index (χ0n) is 11.6. The fourth-order valence-electron chi connectivity index (χ4n) is 2.96. The minimum Gasteiger partial charge on any atom is -0.351 e. The summed E-state index contributed by atoms with van der Waals surface area (Å²) >= 11 is 0. The maximum Gasteiger partial charge on any atom is 0.254 e. The van der Waals surface area contributed by atoms with Crippen molar-refractivity contribution in [2.45, 2.75) is 32.1 Å². The Balaban J connectivity index is 1.68. The summed E-state index contributed by atoms with van der Waals surface area (Å²) in [6, 6.07) is 8.56. The molecule has 0 fully saturated rings. The lowest BCUT2D eigenvalue weighted by atomic mass is 9.83. The second-order valence-corrected chi connectivity index (χ2v) is 5.41. The number of amides is 1. The van der Waals surface area contributed by atoms with Gasteiger partial charge in [0.25, 0.3) is 5.91 Å². The monoisotopic (exact) mass is 269 g/mol. The van der Waals surface area contributed by atoms with Crippen molar-refractivity contribution in [1.29, 1.82) is 0 Å². The van der Waals surface area contributed by atoms with E-state index in [0.717, 1.165) is 18.5 Å². The van der Waals surface area contributed by atoms with Crippen LogP contribution in [0.15, 0.2) is 30.5 Å². The first-order valence-corrected chi connectivity index (χ1v) is 7.11. The van der Waals surface area contributed by atoms with Crippen LogP contribution in [0.4, 0.5) is 0 Å². The number of rotatable bonds is 3. The Labute approximate surface area is 118 Å². The van der Waals surface area contributed by atoms with Crippen molar-refractivity contribution < 1.29 is 4.79 Å². The standard InChI is InChI=1S/C16H19N3O/c1-11-15(10-18-19-11)16(20)17-9-13-7-4-6-12-5-2-3-8-14(12)13/h2-3,5,8,10,13H,4,6-7,9H2,1H3,(H,17,20)(H,18,19). The Morgan fingerprint density at radius 2 is 2.30 bits per heavy atom. The van der Waals surface area contributed by atoms with Crippen LogP contribution in [0.1, 0.15) is 45.9 Å². The van der Waals surface area contributed by atoms with Gasteiger partial charge in [-0.1, -0.05) is 24.3 Å². The summed E-state index contributed by atoms with van der Waals surface area (Å²) in [5.41, 5.74) is 4.26. The zero-order chi connectivity index (χ0) is 13.9. The third kappa shape index (κ3) is 2.46. The SMILES string of the molecule is Cc1[nH]ncc1C(=O)NCC1CCCc2ccccc21. The number of carbonyl (C=O) groups is 1. The van der Waals surface area contributed by atoms with Gasteiger partial charge < -0.3 is 5.32 Å². The highest BCUT2D eigenvalue weighted by molar-refractivity contribution is 5.94. The van der Waals surface area contributed by atoms with Crippen LogP contribution in [0.25, 0.3) is 0 Å². The summed E-state index contributed by atoms with van der Waals surface area (Å²) in [5.74, 6) is 0.385. The van der Waals surface area contributed by atoms with Gasteiger partial charge in [-0.05, 0) is 37.3 Å². The summed E-state index contributed by atoms with van der Waals surface area (Å²) in [7, 11) is 0. The van der Waals surface area contributed by atoms with Crippen molar-refractivity contribution in [2.24, 2.45) is 0 Å². The second-order valence-electron chi connectivity index (χ2n) is 5.41. The molecule has 104 valence electrons. The summed E-state index contributed by atoms with van der Waals surface area (Å²) in [4.78, 5) is 12.1. The van der Waals surface area contributed by atoms with Gasteiger partial charge in [0.1, 0.15) is 0 Å². The number of benzene rings is 1. The maximum atomic E-state index is 12.1. The molecule has 0 bridgehead atoms. The molecule has 1 aliphatic carbocycles. The minimum atomic E-state index is -0.0423. The van der Waals surface area contributed by atoms with E-state index in [4.69, 9.17) is 0 Å². The predicted molar refractivity (Wildman–Crippen MR) is 77.8 cm³/mol. The molecule has 1 aromatic carbocycles. The Morgan fingerprint density at radius 3 is 3.10 bits per heavy atom. The van der Waals surface area contributed by atoms with Crippen molar-refractivity contribution in [3.05, 3.63) is 52.8 Å². The van der Waals surface area contributed by atoms with E-state index in [0.29, 0.717) is 18.0 Å². The molecule has 0 saturated carbocycles. The highest BCUT2D eigenvalue weighted by atomic mass is 16.1. The molecule has 0 radical (unpaired) electrons. The topological polar surface area (TPSA) is 57.8 Å². The molecule has 4 heteroatoms. The van der Waals surface area contributed by atoms with Crippen molar-refractivity contribution in [2.75, 3.05) is 6.54 Å². The molecular formula is C16H19N3O. The molecule has 2 N–H and O–H groups in total. The van der Waals surface area contributed by atoms with Gasteiger partial charge in [0.05, 0.1) is 11.8 Å². The van der Waals surface area contributed by atoms with E-state index in [2.05, 4.69) is 39.8 Å². The highest BCUT2D eigenvalue weighted by Gasteiger charge is 2.20. The molecule has 1 heterocycles. The molecule has 20 heavy (non-hydrogen) atoms. The number of aryl methyl sites for hydroxylation is 2. The van der Waals surface area contributed by atoms with Gasteiger partial charge in [-0.25, -0.2) is 0 Å². The van der Waals surface area contributed by atoms with Crippen LogP contribution < -0.4 is 5.32 Å². The maximum absolute atomic E-state index is 12.1. The third-order valence-electron chi connectivity index (χ3n) is 4.08. The van der Waals surface area contributed by atoms with Gasteiger partial charge in [0, 0.05) is 18.2 Å². The minimum absolute atomic E-state index is 0.0423. The van der Waals surface area contributed by atoms with E-state index in [1.165, 1.54) is 17.5 Å². The summed E-state index contributed by atoms with van der Waals surface area (Å²) in [5, 5.41) is 9.72. The van der Waals surface area contributed by atoms with Gasteiger partial charge in [-0.15, -0.1) is 0 Å². The number of aromatic nitrogens is 2. The van der Waals surface area contributed by atoms with Gasteiger partial charge in [0.2, 0.25) is 0 Å². The zero-order valence-corrected chi connectivity index (χ0v) is 11.6. The summed E-state index contributed by atoms with van der Waals surface area (Å²) in [6.07, 6.45) is 5.07. The molecule has 1 amide bonds.